The number of benzene rings is 1. The Morgan fingerprint density at radius 3 is 3.00 bits per heavy atom. The van der Waals surface area contributed by atoms with E-state index in [1.807, 2.05) is 25.2 Å². The predicted octanol–water partition coefficient (Wildman–Crippen LogP) is 3.24. The molecule has 2 aromatic rings. The number of furan rings is 1. The summed E-state index contributed by atoms with van der Waals surface area (Å²) in [4.78, 5) is 0. The molecule has 1 aromatic carbocycles. The van der Waals surface area contributed by atoms with Crippen molar-refractivity contribution in [3.8, 4) is 0 Å². The van der Waals surface area contributed by atoms with E-state index in [9.17, 15) is 0 Å². The van der Waals surface area contributed by atoms with Crippen LogP contribution in [0.3, 0.4) is 0 Å². The van der Waals surface area contributed by atoms with Crippen LogP contribution in [-0.2, 0) is 6.42 Å². The molecule has 0 bridgehead atoms. The molecule has 3 heteroatoms. The van der Waals surface area contributed by atoms with Crippen LogP contribution in [0.15, 0.2) is 28.7 Å². The maximum Gasteiger partial charge on any atom is 0.134 e. The molecule has 0 aliphatic rings. The van der Waals surface area contributed by atoms with E-state index in [1.54, 1.807) is 0 Å². The minimum Gasteiger partial charge on any atom is -0.461 e. The molecule has 0 saturated carbocycles. The first-order valence-electron chi connectivity index (χ1n) is 5.12. The van der Waals surface area contributed by atoms with Crippen molar-refractivity contribution in [2.45, 2.75) is 12.8 Å². The molecule has 2 rings (SSSR count). The number of fused-ring (bicyclic) bond motifs is 1. The van der Waals surface area contributed by atoms with Gasteiger partial charge >= 0.3 is 0 Å². The predicted molar refractivity (Wildman–Crippen MR) is 63.5 cm³/mol. The van der Waals surface area contributed by atoms with Crippen molar-refractivity contribution < 1.29 is 4.42 Å². The lowest BCUT2D eigenvalue weighted by molar-refractivity contribution is 0.534. The highest BCUT2D eigenvalue weighted by Gasteiger charge is 2.03. The standard InChI is InChI=1S/C12H14ClNO/c1-14-6-2-3-11-8-9-7-10(13)4-5-12(9)15-11/h4-5,7-8,14H,2-3,6H2,1H3. The number of halogens is 1. The second-order valence-corrected chi connectivity index (χ2v) is 4.04. The van der Waals surface area contributed by atoms with Gasteiger partial charge in [0.25, 0.3) is 0 Å². The second-order valence-electron chi connectivity index (χ2n) is 3.60. The summed E-state index contributed by atoms with van der Waals surface area (Å²) >= 11 is 5.90. The summed E-state index contributed by atoms with van der Waals surface area (Å²) in [5.41, 5.74) is 0.916. The summed E-state index contributed by atoms with van der Waals surface area (Å²) in [6.45, 7) is 1.01. The van der Waals surface area contributed by atoms with Crippen LogP contribution in [0.4, 0.5) is 0 Å². The van der Waals surface area contributed by atoms with Crippen LogP contribution in [0.25, 0.3) is 11.0 Å². The number of rotatable bonds is 4. The van der Waals surface area contributed by atoms with Crippen LogP contribution in [-0.4, -0.2) is 13.6 Å². The van der Waals surface area contributed by atoms with Gasteiger partial charge in [-0.05, 0) is 44.3 Å². The molecule has 0 unspecified atom stereocenters. The average molecular weight is 224 g/mol. The van der Waals surface area contributed by atoms with Gasteiger partial charge < -0.3 is 9.73 Å². The summed E-state index contributed by atoms with van der Waals surface area (Å²) in [6.07, 6.45) is 2.05. The summed E-state index contributed by atoms with van der Waals surface area (Å²) in [6, 6.07) is 7.77. The molecule has 1 N–H and O–H groups in total. The molecule has 0 aliphatic heterocycles. The van der Waals surface area contributed by atoms with Gasteiger partial charge in [0, 0.05) is 16.8 Å². The SMILES string of the molecule is CNCCCc1cc2cc(Cl)ccc2o1. The van der Waals surface area contributed by atoms with Crippen molar-refractivity contribution in [1.29, 1.82) is 0 Å². The Hall–Kier alpha value is -0.990. The van der Waals surface area contributed by atoms with E-state index in [0.717, 1.165) is 41.1 Å². The number of aryl methyl sites for hydroxylation is 1. The summed E-state index contributed by atoms with van der Waals surface area (Å²) < 4.78 is 5.68. The lowest BCUT2D eigenvalue weighted by Gasteiger charge is -1.95. The molecular weight excluding hydrogens is 210 g/mol. The van der Waals surface area contributed by atoms with Gasteiger partial charge in [0.2, 0.25) is 0 Å². The molecule has 1 aromatic heterocycles. The van der Waals surface area contributed by atoms with E-state index in [0.29, 0.717) is 0 Å². The Balaban J connectivity index is 2.16. The molecule has 0 amide bonds. The van der Waals surface area contributed by atoms with E-state index >= 15 is 0 Å². The van der Waals surface area contributed by atoms with Gasteiger partial charge in [-0.15, -0.1) is 0 Å². The Labute approximate surface area is 94.2 Å². The first-order chi connectivity index (χ1) is 7.29. The number of hydrogen-bond acceptors (Lipinski definition) is 2. The van der Waals surface area contributed by atoms with E-state index in [4.69, 9.17) is 16.0 Å². The van der Waals surface area contributed by atoms with Crippen molar-refractivity contribution in [2.24, 2.45) is 0 Å². The molecule has 0 atom stereocenters. The fraction of sp³-hybridized carbons (Fsp3) is 0.333. The maximum absolute atomic E-state index is 5.90. The Morgan fingerprint density at radius 2 is 2.20 bits per heavy atom. The molecule has 2 nitrogen and oxygen atoms in total. The first kappa shape index (κ1) is 10.5. The number of hydrogen-bond donors (Lipinski definition) is 1. The topological polar surface area (TPSA) is 25.2 Å². The van der Waals surface area contributed by atoms with E-state index < -0.39 is 0 Å². The Kier molecular flexibility index (Phi) is 3.29. The normalized spacial score (nSPS) is 11.1. The van der Waals surface area contributed by atoms with Crippen molar-refractivity contribution in [1.82, 2.24) is 5.32 Å². The first-order valence-corrected chi connectivity index (χ1v) is 5.50. The highest BCUT2D eigenvalue weighted by Crippen LogP contribution is 2.23. The summed E-state index contributed by atoms with van der Waals surface area (Å²) in [5.74, 6) is 1.03. The highest BCUT2D eigenvalue weighted by molar-refractivity contribution is 6.31. The number of nitrogens with one attached hydrogen (secondary N) is 1. The minimum absolute atomic E-state index is 0.755. The molecule has 0 radical (unpaired) electrons. The third-order valence-corrected chi connectivity index (χ3v) is 2.61. The van der Waals surface area contributed by atoms with Gasteiger partial charge in [-0.3, -0.25) is 0 Å². The third kappa shape index (κ3) is 2.52. The Morgan fingerprint density at radius 1 is 1.33 bits per heavy atom. The molecule has 0 aliphatic carbocycles. The molecule has 15 heavy (non-hydrogen) atoms. The fourth-order valence-electron chi connectivity index (χ4n) is 1.63. The van der Waals surface area contributed by atoms with Crippen LogP contribution in [0, 0.1) is 0 Å². The third-order valence-electron chi connectivity index (χ3n) is 2.38. The molecule has 0 fully saturated rings. The lowest BCUT2D eigenvalue weighted by Crippen LogP contribution is -2.07. The van der Waals surface area contributed by atoms with Crippen LogP contribution >= 0.6 is 11.6 Å². The average Bonchev–Trinajstić information content (AvgIpc) is 2.60. The summed E-state index contributed by atoms with van der Waals surface area (Å²) in [5, 5.41) is 4.96. The van der Waals surface area contributed by atoms with Gasteiger partial charge in [-0.1, -0.05) is 11.6 Å². The zero-order chi connectivity index (χ0) is 10.7. The summed E-state index contributed by atoms with van der Waals surface area (Å²) in [7, 11) is 1.96. The van der Waals surface area contributed by atoms with E-state index in [1.165, 1.54) is 0 Å². The van der Waals surface area contributed by atoms with E-state index in [2.05, 4.69) is 11.4 Å². The molecule has 80 valence electrons. The van der Waals surface area contributed by atoms with Crippen molar-refractivity contribution in [2.75, 3.05) is 13.6 Å². The maximum atomic E-state index is 5.90. The minimum atomic E-state index is 0.755. The molecular formula is C12H14ClNO. The van der Waals surface area contributed by atoms with Crippen molar-refractivity contribution >= 4 is 22.6 Å². The van der Waals surface area contributed by atoms with Crippen LogP contribution in [0.5, 0.6) is 0 Å². The zero-order valence-corrected chi connectivity index (χ0v) is 9.47. The second kappa shape index (κ2) is 4.69. The van der Waals surface area contributed by atoms with Crippen molar-refractivity contribution in [3.63, 3.8) is 0 Å². The van der Waals surface area contributed by atoms with Crippen molar-refractivity contribution in [3.05, 3.63) is 35.0 Å². The zero-order valence-electron chi connectivity index (χ0n) is 8.72. The van der Waals surface area contributed by atoms with Gasteiger partial charge in [-0.2, -0.15) is 0 Å². The quantitative estimate of drug-likeness (QED) is 0.806. The van der Waals surface area contributed by atoms with Crippen LogP contribution in [0.2, 0.25) is 5.02 Å². The monoisotopic (exact) mass is 223 g/mol. The van der Waals surface area contributed by atoms with Crippen LogP contribution in [0.1, 0.15) is 12.2 Å². The lowest BCUT2D eigenvalue weighted by atomic mass is 10.2. The largest absolute Gasteiger partial charge is 0.461 e. The van der Waals surface area contributed by atoms with Gasteiger partial charge in [-0.25, -0.2) is 0 Å². The van der Waals surface area contributed by atoms with Gasteiger partial charge in [0.15, 0.2) is 0 Å². The van der Waals surface area contributed by atoms with E-state index in [-0.39, 0.29) is 0 Å². The molecule has 0 saturated heterocycles. The fourth-order valence-corrected chi connectivity index (χ4v) is 1.81. The van der Waals surface area contributed by atoms with Gasteiger partial charge in [0.1, 0.15) is 11.3 Å². The smallest absolute Gasteiger partial charge is 0.134 e. The molecule has 1 heterocycles. The Bertz CT molecular complexity index is 450. The van der Waals surface area contributed by atoms with Gasteiger partial charge in [0.05, 0.1) is 0 Å². The highest BCUT2D eigenvalue weighted by atomic mass is 35.5. The van der Waals surface area contributed by atoms with Crippen LogP contribution < -0.4 is 5.32 Å². The molecule has 0 spiro atoms.